The molecule has 0 aliphatic heterocycles. The van der Waals surface area contributed by atoms with Crippen molar-refractivity contribution in [2.24, 2.45) is 0 Å². The van der Waals surface area contributed by atoms with E-state index in [-0.39, 0.29) is 11.4 Å². The zero-order valence-electron chi connectivity index (χ0n) is 14.4. The summed E-state index contributed by atoms with van der Waals surface area (Å²) in [5, 5.41) is 4.26. The molecule has 0 unspecified atom stereocenters. The fraction of sp³-hybridized carbons (Fsp3) is 0.167. The zero-order valence-corrected chi connectivity index (χ0v) is 15.2. The molecule has 3 rings (SSSR count). The zero-order chi connectivity index (χ0) is 18.6. The van der Waals surface area contributed by atoms with Crippen molar-refractivity contribution in [3.63, 3.8) is 0 Å². The molecule has 0 atom stereocenters. The maximum atomic E-state index is 12.5. The molecule has 3 aromatic rings. The first-order valence-electron chi connectivity index (χ1n) is 7.84. The number of nitrogens with zero attached hydrogens (tertiary/aromatic N) is 2. The average Bonchev–Trinajstić information content (AvgIpc) is 3.15. The van der Waals surface area contributed by atoms with Gasteiger partial charge in [0.05, 0.1) is 31.0 Å². The Hall–Kier alpha value is -2.84. The third-order valence-electron chi connectivity index (χ3n) is 3.79. The van der Waals surface area contributed by atoms with Gasteiger partial charge in [-0.25, -0.2) is 17.8 Å². The van der Waals surface area contributed by atoms with E-state index >= 15 is 0 Å². The maximum Gasteiger partial charge on any atom is 0.241 e. The monoisotopic (exact) mass is 373 g/mol. The molecule has 0 bridgehead atoms. The molecule has 8 heteroatoms. The van der Waals surface area contributed by atoms with Gasteiger partial charge >= 0.3 is 0 Å². The molecular formula is C18H19N3O4S. The Morgan fingerprint density at radius 1 is 1.04 bits per heavy atom. The van der Waals surface area contributed by atoms with Gasteiger partial charge in [0, 0.05) is 24.4 Å². The normalized spacial score (nSPS) is 11.3. The molecule has 1 N–H and O–H groups in total. The summed E-state index contributed by atoms with van der Waals surface area (Å²) in [5.41, 5.74) is 1.65. The van der Waals surface area contributed by atoms with Gasteiger partial charge in [0.25, 0.3) is 0 Å². The topological polar surface area (TPSA) is 82.5 Å². The third kappa shape index (κ3) is 3.87. The summed E-state index contributed by atoms with van der Waals surface area (Å²) in [6.45, 7) is 0.128. The van der Waals surface area contributed by atoms with Crippen LogP contribution in [0.3, 0.4) is 0 Å². The predicted molar refractivity (Wildman–Crippen MR) is 97.1 cm³/mol. The van der Waals surface area contributed by atoms with Crippen molar-refractivity contribution < 1.29 is 17.9 Å². The number of hydrogen-bond acceptors (Lipinski definition) is 5. The number of rotatable bonds is 7. The highest BCUT2D eigenvalue weighted by Gasteiger charge is 2.17. The number of methoxy groups -OCH3 is 2. The molecule has 136 valence electrons. The molecule has 7 nitrogen and oxygen atoms in total. The fourth-order valence-electron chi connectivity index (χ4n) is 2.42. The van der Waals surface area contributed by atoms with E-state index in [2.05, 4.69) is 9.82 Å². The summed E-state index contributed by atoms with van der Waals surface area (Å²) in [4.78, 5) is 0.102. The van der Waals surface area contributed by atoms with Crippen LogP contribution in [0.2, 0.25) is 0 Å². The SMILES string of the molecule is COc1ccc(S(=O)(=O)NCc2cnn(-c3ccccc3)c2)cc1OC. The molecule has 0 amide bonds. The van der Waals surface area contributed by atoms with E-state index in [4.69, 9.17) is 9.47 Å². The molecule has 0 saturated heterocycles. The van der Waals surface area contributed by atoms with Crippen molar-refractivity contribution in [1.29, 1.82) is 0 Å². The molecule has 0 aliphatic rings. The number of ether oxygens (including phenoxy) is 2. The lowest BCUT2D eigenvalue weighted by molar-refractivity contribution is 0.354. The molecule has 1 heterocycles. The molecule has 0 radical (unpaired) electrons. The van der Waals surface area contributed by atoms with E-state index in [1.165, 1.54) is 26.4 Å². The van der Waals surface area contributed by atoms with Crippen LogP contribution >= 0.6 is 0 Å². The first kappa shape index (κ1) is 18.0. The Labute approximate surface area is 152 Å². The molecular weight excluding hydrogens is 354 g/mol. The highest BCUT2D eigenvalue weighted by Crippen LogP contribution is 2.29. The second-order valence-electron chi connectivity index (χ2n) is 5.47. The van der Waals surface area contributed by atoms with E-state index in [1.807, 2.05) is 30.3 Å². The first-order valence-corrected chi connectivity index (χ1v) is 9.32. The van der Waals surface area contributed by atoms with Crippen LogP contribution in [0.15, 0.2) is 65.8 Å². The number of sulfonamides is 1. The highest BCUT2D eigenvalue weighted by atomic mass is 32.2. The Morgan fingerprint density at radius 2 is 1.77 bits per heavy atom. The average molecular weight is 373 g/mol. The van der Waals surface area contributed by atoms with Gasteiger partial charge < -0.3 is 9.47 Å². The molecule has 2 aromatic carbocycles. The highest BCUT2D eigenvalue weighted by molar-refractivity contribution is 7.89. The maximum absolute atomic E-state index is 12.5. The number of aromatic nitrogens is 2. The summed E-state index contributed by atoms with van der Waals surface area (Å²) < 4.78 is 39.6. The third-order valence-corrected chi connectivity index (χ3v) is 5.19. The van der Waals surface area contributed by atoms with Crippen LogP contribution in [-0.4, -0.2) is 32.4 Å². The van der Waals surface area contributed by atoms with Crippen LogP contribution in [-0.2, 0) is 16.6 Å². The summed E-state index contributed by atoms with van der Waals surface area (Å²) in [6.07, 6.45) is 3.41. The Kier molecular flexibility index (Phi) is 5.24. The quantitative estimate of drug-likeness (QED) is 0.687. The van der Waals surface area contributed by atoms with Crippen molar-refractivity contribution in [3.05, 3.63) is 66.5 Å². The van der Waals surface area contributed by atoms with Crippen LogP contribution < -0.4 is 14.2 Å². The molecule has 0 fully saturated rings. The largest absolute Gasteiger partial charge is 0.493 e. The van der Waals surface area contributed by atoms with Gasteiger partial charge in [-0.1, -0.05) is 18.2 Å². The molecule has 26 heavy (non-hydrogen) atoms. The van der Waals surface area contributed by atoms with Crippen molar-refractivity contribution in [2.45, 2.75) is 11.4 Å². The lowest BCUT2D eigenvalue weighted by Gasteiger charge is -2.10. The summed E-state index contributed by atoms with van der Waals surface area (Å²) in [7, 11) is -0.741. The Morgan fingerprint density at radius 3 is 2.46 bits per heavy atom. The Bertz CT molecular complexity index is 985. The number of para-hydroxylation sites is 1. The van der Waals surface area contributed by atoms with Crippen LogP contribution in [0.4, 0.5) is 0 Å². The number of nitrogens with one attached hydrogen (secondary N) is 1. The van der Waals surface area contributed by atoms with E-state index < -0.39 is 10.0 Å². The minimum Gasteiger partial charge on any atom is -0.493 e. The van der Waals surface area contributed by atoms with E-state index in [0.717, 1.165) is 11.3 Å². The van der Waals surface area contributed by atoms with Crippen molar-refractivity contribution in [3.8, 4) is 17.2 Å². The second-order valence-corrected chi connectivity index (χ2v) is 7.24. The van der Waals surface area contributed by atoms with Crippen LogP contribution in [0, 0.1) is 0 Å². The van der Waals surface area contributed by atoms with E-state index in [1.54, 1.807) is 23.1 Å². The lowest BCUT2D eigenvalue weighted by Crippen LogP contribution is -2.23. The summed E-state index contributed by atoms with van der Waals surface area (Å²) in [5.74, 6) is 0.822. The van der Waals surface area contributed by atoms with Gasteiger partial charge in [0.2, 0.25) is 10.0 Å². The van der Waals surface area contributed by atoms with Crippen molar-refractivity contribution in [1.82, 2.24) is 14.5 Å². The first-order chi connectivity index (χ1) is 12.5. The van der Waals surface area contributed by atoms with Gasteiger partial charge in [-0.05, 0) is 24.3 Å². The predicted octanol–water partition coefficient (Wildman–Crippen LogP) is 2.37. The van der Waals surface area contributed by atoms with Gasteiger partial charge in [0.15, 0.2) is 11.5 Å². The fourth-order valence-corrected chi connectivity index (χ4v) is 3.45. The van der Waals surface area contributed by atoms with Crippen molar-refractivity contribution in [2.75, 3.05) is 14.2 Å². The summed E-state index contributed by atoms with van der Waals surface area (Å²) >= 11 is 0. The van der Waals surface area contributed by atoms with Crippen molar-refractivity contribution >= 4 is 10.0 Å². The molecule has 0 aliphatic carbocycles. The lowest BCUT2D eigenvalue weighted by atomic mass is 10.3. The standard InChI is InChI=1S/C18H19N3O4S/c1-24-17-9-8-16(10-18(17)25-2)26(22,23)20-12-14-11-19-21(13-14)15-6-4-3-5-7-15/h3-11,13,20H,12H2,1-2H3. The van der Waals surface area contributed by atoms with E-state index in [9.17, 15) is 8.42 Å². The molecule has 1 aromatic heterocycles. The van der Waals surface area contributed by atoms with Gasteiger partial charge in [0.1, 0.15) is 0 Å². The number of hydrogen-bond donors (Lipinski definition) is 1. The van der Waals surface area contributed by atoms with Gasteiger partial charge in [-0.2, -0.15) is 5.10 Å². The second kappa shape index (κ2) is 7.59. The molecule has 0 spiro atoms. The van der Waals surface area contributed by atoms with Crippen LogP contribution in [0.1, 0.15) is 5.56 Å². The Balaban J connectivity index is 1.74. The van der Waals surface area contributed by atoms with Gasteiger partial charge in [-0.15, -0.1) is 0 Å². The van der Waals surface area contributed by atoms with Gasteiger partial charge in [-0.3, -0.25) is 0 Å². The smallest absolute Gasteiger partial charge is 0.241 e. The van der Waals surface area contributed by atoms with Crippen LogP contribution in [0.25, 0.3) is 5.69 Å². The minimum absolute atomic E-state index is 0.102. The minimum atomic E-state index is -3.69. The van der Waals surface area contributed by atoms with E-state index in [0.29, 0.717) is 11.5 Å². The number of benzene rings is 2. The van der Waals surface area contributed by atoms with Crippen LogP contribution in [0.5, 0.6) is 11.5 Å². The molecule has 0 saturated carbocycles. The summed E-state index contributed by atoms with van der Waals surface area (Å²) in [6, 6.07) is 14.0.